The topological polar surface area (TPSA) is 64.1 Å². The highest BCUT2D eigenvalue weighted by atomic mass is 16.3. The molecular weight excluding hydrogens is 354 g/mol. The van der Waals surface area contributed by atoms with Crippen molar-refractivity contribution in [3.05, 3.63) is 35.9 Å². The number of likely N-dealkylation sites (tertiary alicyclic amines) is 1. The first-order valence-corrected chi connectivity index (χ1v) is 10.4. The lowest BCUT2D eigenvalue weighted by Gasteiger charge is -2.35. The zero-order valence-corrected chi connectivity index (χ0v) is 17.1. The van der Waals surface area contributed by atoms with Crippen LogP contribution < -0.4 is 0 Å². The molecule has 1 unspecified atom stereocenters. The van der Waals surface area contributed by atoms with Crippen LogP contribution in [0, 0.1) is 5.92 Å². The summed E-state index contributed by atoms with van der Waals surface area (Å²) in [5.41, 5.74) is 1.03. The molecule has 0 aliphatic carbocycles. The second kappa shape index (κ2) is 9.52. The van der Waals surface area contributed by atoms with Gasteiger partial charge in [-0.3, -0.25) is 9.59 Å². The van der Waals surface area contributed by atoms with Gasteiger partial charge in [-0.05, 0) is 51.3 Å². The molecule has 2 fully saturated rings. The first-order chi connectivity index (χ1) is 13.4. The molecule has 1 aromatic rings. The lowest BCUT2D eigenvalue weighted by molar-refractivity contribution is -0.139. The smallest absolute Gasteiger partial charge is 0.242 e. The Bertz CT molecular complexity index is 656. The quantitative estimate of drug-likeness (QED) is 0.836. The van der Waals surface area contributed by atoms with E-state index >= 15 is 0 Å². The molecule has 2 amide bonds. The van der Waals surface area contributed by atoms with Gasteiger partial charge in [-0.2, -0.15) is 0 Å². The maximum absolute atomic E-state index is 12.8. The number of aliphatic hydroxyl groups excluding tert-OH is 1. The Morgan fingerprint density at radius 1 is 1.14 bits per heavy atom. The third kappa shape index (κ3) is 5.55. The van der Waals surface area contributed by atoms with Gasteiger partial charge in [0.25, 0.3) is 0 Å². The van der Waals surface area contributed by atoms with E-state index < -0.39 is 6.10 Å². The second-order valence-electron chi connectivity index (χ2n) is 8.47. The van der Waals surface area contributed by atoms with Gasteiger partial charge in [-0.25, -0.2) is 0 Å². The van der Waals surface area contributed by atoms with E-state index in [4.69, 9.17) is 0 Å². The molecule has 1 N–H and O–H groups in total. The average molecular weight is 388 g/mol. The van der Waals surface area contributed by atoms with Crippen molar-refractivity contribution in [2.75, 3.05) is 32.7 Å². The van der Waals surface area contributed by atoms with Crippen LogP contribution in [0.25, 0.3) is 0 Å². The van der Waals surface area contributed by atoms with Crippen LogP contribution in [0.15, 0.2) is 30.3 Å². The molecule has 0 spiro atoms. The lowest BCUT2D eigenvalue weighted by Crippen LogP contribution is -2.42. The molecule has 2 heterocycles. The van der Waals surface area contributed by atoms with Gasteiger partial charge in [0.05, 0.1) is 12.6 Å². The number of carbonyl (C=O) groups excluding carboxylic acids is 2. The molecule has 154 valence electrons. The lowest BCUT2D eigenvalue weighted by atomic mass is 9.92. The molecule has 28 heavy (non-hydrogen) atoms. The number of aliphatic hydroxyl groups is 1. The highest BCUT2D eigenvalue weighted by Crippen LogP contribution is 2.23. The number of β-amino-alcohol motifs (C(OH)–C–C–N with tert-alkyl or cyclic N) is 1. The molecule has 0 aromatic heterocycles. The van der Waals surface area contributed by atoms with Gasteiger partial charge < -0.3 is 19.8 Å². The number of benzene rings is 1. The summed E-state index contributed by atoms with van der Waals surface area (Å²) in [6.45, 7) is 7.50. The number of amides is 2. The van der Waals surface area contributed by atoms with Crippen LogP contribution in [0.2, 0.25) is 0 Å². The molecule has 6 heteroatoms. The SMILES string of the molecule is CC(C)N1CCC(CC(=O)N2CC(=O)N(Cc3ccccc3)CC(O)C2)CC1. The van der Waals surface area contributed by atoms with E-state index in [1.165, 1.54) is 0 Å². The van der Waals surface area contributed by atoms with E-state index in [0.717, 1.165) is 31.5 Å². The normalized spacial score (nSPS) is 22.6. The Labute approximate surface area is 168 Å². The molecule has 1 atom stereocenters. The third-order valence-corrected chi connectivity index (χ3v) is 5.95. The van der Waals surface area contributed by atoms with Crippen molar-refractivity contribution in [1.29, 1.82) is 0 Å². The standard InChI is InChI=1S/C22H33N3O3/c1-17(2)23-10-8-18(9-11-23)12-21(27)25-15-20(26)14-24(22(28)16-25)13-19-6-4-3-5-7-19/h3-7,17-18,20,26H,8-16H2,1-2H3. The fourth-order valence-corrected chi connectivity index (χ4v) is 4.19. The van der Waals surface area contributed by atoms with E-state index in [-0.39, 0.29) is 31.4 Å². The predicted molar refractivity (Wildman–Crippen MR) is 108 cm³/mol. The number of hydrogen-bond acceptors (Lipinski definition) is 4. The molecule has 2 aliphatic heterocycles. The van der Waals surface area contributed by atoms with Gasteiger partial charge in [0.15, 0.2) is 0 Å². The molecule has 0 bridgehead atoms. The Kier molecular flexibility index (Phi) is 7.08. The van der Waals surface area contributed by atoms with Crippen molar-refractivity contribution in [3.8, 4) is 0 Å². The third-order valence-electron chi connectivity index (χ3n) is 5.95. The summed E-state index contributed by atoms with van der Waals surface area (Å²) in [7, 11) is 0. The number of piperidine rings is 1. The summed E-state index contributed by atoms with van der Waals surface area (Å²) in [6.07, 6.45) is 1.81. The summed E-state index contributed by atoms with van der Waals surface area (Å²) in [5, 5.41) is 10.4. The molecular formula is C22H33N3O3. The zero-order chi connectivity index (χ0) is 20.1. The summed E-state index contributed by atoms with van der Waals surface area (Å²) in [6, 6.07) is 10.3. The van der Waals surface area contributed by atoms with E-state index in [1.807, 2.05) is 30.3 Å². The molecule has 0 radical (unpaired) electrons. The van der Waals surface area contributed by atoms with Gasteiger partial charge >= 0.3 is 0 Å². The molecule has 3 rings (SSSR count). The highest BCUT2D eigenvalue weighted by molar-refractivity contribution is 5.85. The van der Waals surface area contributed by atoms with Crippen molar-refractivity contribution in [2.24, 2.45) is 5.92 Å². The maximum Gasteiger partial charge on any atom is 0.242 e. The van der Waals surface area contributed by atoms with Gasteiger partial charge in [-0.15, -0.1) is 0 Å². The Morgan fingerprint density at radius 2 is 1.82 bits per heavy atom. The maximum atomic E-state index is 12.8. The zero-order valence-electron chi connectivity index (χ0n) is 17.1. The van der Waals surface area contributed by atoms with Gasteiger partial charge in [0, 0.05) is 32.1 Å². The van der Waals surface area contributed by atoms with E-state index in [0.29, 0.717) is 24.9 Å². The van der Waals surface area contributed by atoms with Crippen LogP contribution >= 0.6 is 0 Å². The van der Waals surface area contributed by atoms with Gasteiger partial charge in [0.1, 0.15) is 0 Å². The fraction of sp³-hybridized carbons (Fsp3) is 0.636. The van der Waals surface area contributed by atoms with Crippen molar-refractivity contribution in [1.82, 2.24) is 14.7 Å². The number of nitrogens with zero attached hydrogens (tertiary/aromatic N) is 3. The Hall–Kier alpha value is -1.92. The molecule has 6 nitrogen and oxygen atoms in total. The summed E-state index contributed by atoms with van der Waals surface area (Å²) < 4.78 is 0. The largest absolute Gasteiger partial charge is 0.389 e. The summed E-state index contributed by atoms with van der Waals surface area (Å²) in [4.78, 5) is 31.2. The van der Waals surface area contributed by atoms with E-state index in [1.54, 1.807) is 9.80 Å². The van der Waals surface area contributed by atoms with E-state index in [9.17, 15) is 14.7 Å². The molecule has 2 aliphatic rings. The van der Waals surface area contributed by atoms with Gasteiger partial charge in [0.2, 0.25) is 11.8 Å². The van der Waals surface area contributed by atoms with Crippen LogP contribution in [0.4, 0.5) is 0 Å². The average Bonchev–Trinajstić information content (AvgIpc) is 2.81. The van der Waals surface area contributed by atoms with Crippen LogP contribution in [0.3, 0.4) is 0 Å². The van der Waals surface area contributed by atoms with Crippen LogP contribution in [-0.4, -0.2) is 76.5 Å². The van der Waals surface area contributed by atoms with E-state index in [2.05, 4.69) is 18.7 Å². The minimum absolute atomic E-state index is 0.00282. The number of hydrogen-bond donors (Lipinski definition) is 1. The van der Waals surface area contributed by atoms with Crippen LogP contribution in [-0.2, 0) is 16.1 Å². The Morgan fingerprint density at radius 3 is 2.46 bits per heavy atom. The summed E-state index contributed by atoms with van der Waals surface area (Å²) in [5.74, 6) is 0.277. The number of rotatable bonds is 5. The summed E-state index contributed by atoms with van der Waals surface area (Å²) >= 11 is 0. The molecule has 1 aromatic carbocycles. The first-order valence-electron chi connectivity index (χ1n) is 10.4. The van der Waals surface area contributed by atoms with Crippen molar-refractivity contribution >= 4 is 11.8 Å². The second-order valence-corrected chi connectivity index (χ2v) is 8.47. The molecule has 0 saturated carbocycles. The van der Waals surface area contributed by atoms with Crippen molar-refractivity contribution in [3.63, 3.8) is 0 Å². The minimum atomic E-state index is -0.707. The molecule has 2 saturated heterocycles. The Balaban J connectivity index is 1.54. The van der Waals surface area contributed by atoms with Crippen LogP contribution in [0.1, 0.15) is 38.7 Å². The highest BCUT2D eigenvalue weighted by Gasteiger charge is 2.31. The van der Waals surface area contributed by atoms with Gasteiger partial charge in [-0.1, -0.05) is 30.3 Å². The minimum Gasteiger partial charge on any atom is -0.389 e. The van der Waals surface area contributed by atoms with Crippen molar-refractivity contribution < 1.29 is 14.7 Å². The van der Waals surface area contributed by atoms with Crippen molar-refractivity contribution in [2.45, 2.75) is 51.8 Å². The van der Waals surface area contributed by atoms with Crippen LogP contribution in [0.5, 0.6) is 0 Å². The fourth-order valence-electron chi connectivity index (χ4n) is 4.19. The first kappa shape index (κ1) is 20.8. The predicted octanol–water partition coefficient (Wildman–Crippen LogP) is 1.73. The monoisotopic (exact) mass is 387 g/mol. The number of carbonyl (C=O) groups is 2.